The number of fused-ring (bicyclic) bond motifs is 1. The number of nitrogens with zero attached hydrogens (tertiary/aromatic N) is 3. The highest BCUT2D eigenvalue weighted by Crippen LogP contribution is 2.21. The van der Waals surface area contributed by atoms with E-state index in [1.807, 2.05) is 53.1 Å². The van der Waals surface area contributed by atoms with E-state index in [0.29, 0.717) is 0 Å². The molecule has 0 radical (unpaired) electrons. The Hall–Kier alpha value is -2.25. The van der Waals surface area contributed by atoms with Gasteiger partial charge in [0.15, 0.2) is 6.04 Å². The molecule has 0 bridgehead atoms. The van der Waals surface area contributed by atoms with Gasteiger partial charge in [-0.05, 0) is 32.9 Å². The van der Waals surface area contributed by atoms with Crippen LogP contribution in [0.1, 0.15) is 23.3 Å². The van der Waals surface area contributed by atoms with Crippen molar-refractivity contribution in [1.82, 2.24) is 14.8 Å². The quantitative estimate of drug-likeness (QED) is 0.729. The third-order valence-corrected chi connectivity index (χ3v) is 5.69. The highest BCUT2D eigenvalue weighted by molar-refractivity contribution is 7.18. The van der Waals surface area contributed by atoms with E-state index in [4.69, 9.17) is 0 Å². The van der Waals surface area contributed by atoms with E-state index in [1.54, 1.807) is 16.0 Å². The lowest BCUT2D eigenvalue weighted by molar-refractivity contribution is -0.907. The molecular formula is C18H24N5OS+. The highest BCUT2D eigenvalue weighted by atomic mass is 32.1. The van der Waals surface area contributed by atoms with Gasteiger partial charge in [-0.15, -0.1) is 11.3 Å². The lowest BCUT2D eigenvalue weighted by Gasteiger charge is -2.20. The number of rotatable bonds is 5. The number of carbonyl (C=O) groups excluding carboxylic acids is 1. The fourth-order valence-corrected chi connectivity index (χ4v) is 3.86. The summed E-state index contributed by atoms with van der Waals surface area (Å²) in [5.41, 5.74) is 3.63. The summed E-state index contributed by atoms with van der Waals surface area (Å²) in [4.78, 5) is 18.4. The van der Waals surface area contributed by atoms with Gasteiger partial charge in [-0.3, -0.25) is 9.48 Å². The average molecular weight is 358 g/mol. The Kier molecular flexibility index (Phi) is 4.87. The topological polar surface area (TPSA) is 64.2 Å². The minimum absolute atomic E-state index is 0.00203. The number of aryl methyl sites for hydroxylation is 2. The Balaban J connectivity index is 1.68. The molecule has 2 aromatic heterocycles. The number of para-hydroxylation sites is 1. The van der Waals surface area contributed by atoms with E-state index in [1.165, 1.54) is 4.70 Å². The fraction of sp³-hybridized carbons (Fsp3) is 0.389. The van der Waals surface area contributed by atoms with Crippen molar-refractivity contribution in [1.29, 1.82) is 0 Å². The number of anilines is 1. The van der Waals surface area contributed by atoms with Crippen molar-refractivity contribution in [2.45, 2.75) is 33.4 Å². The molecule has 2 N–H and O–H groups in total. The first-order valence-electron chi connectivity index (χ1n) is 8.34. The van der Waals surface area contributed by atoms with Crippen LogP contribution in [0.2, 0.25) is 0 Å². The van der Waals surface area contributed by atoms with Crippen LogP contribution >= 0.6 is 11.3 Å². The molecule has 7 heteroatoms. The zero-order valence-corrected chi connectivity index (χ0v) is 16.1. The number of benzene rings is 1. The van der Waals surface area contributed by atoms with Gasteiger partial charge in [-0.2, -0.15) is 5.10 Å². The van der Waals surface area contributed by atoms with Gasteiger partial charge in [0, 0.05) is 7.05 Å². The third-order valence-electron chi connectivity index (χ3n) is 4.66. The monoisotopic (exact) mass is 358 g/mol. The SMILES string of the molecule is Cc1nn(C)c(C)c1NC(=O)[C@H](C)[NH+](C)Cc1nc2ccccc2s1. The number of amides is 1. The molecule has 0 fully saturated rings. The molecule has 0 aliphatic heterocycles. The summed E-state index contributed by atoms with van der Waals surface area (Å²) < 4.78 is 2.97. The van der Waals surface area contributed by atoms with Crippen LogP contribution in [0.15, 0.2) is 24.3 Å². The minimum Gasteiger partial charge on any atom is -0.322 e. The number of hydrogen-bond donors (Lipinski definition) is 2. The molecule has 1 unspecified atom stereocenters. The van der Waals surface area contributed by atoms with Gasteiger partial charge in [0.2, 0.25) is 0 Å². The maximum Gasteiger partial charge on any atom is 0.282 e. The minimum atomic E-state index is -0.189. The number of aromatic nitrogens is 3. The first-order chi connectivity index (χ1) is 11.9. The lowest BCUT2D eigenvalue weighted by Crippen LogP contribution is -3.12. The second kappa shape index (κ2) is 6.93. The zero-order chi connectivity index (χ0) is 18.1. The normalized spacial score (nSPS) is 13.8. The zero-order valence-electron chi connectivity index (χ0n) is 15.3. The van der Waals surface area contributed by atoms with Crippen LogP contribution in [0, 0.1) is 13.8 Å². The first-order valence-corrected chi connectivity index (χ1v) is 9.16. The van der Waals surface area contributed by atoms with Crippen LogP contribution in [-0.4, -0.2) is 33.8 Å². The summed E-state index contributed by atoms with van der Waals surface area (Å²) in [5.74, 6) is -0.00203. The van der Waals surface area contributed by atoms with Crippen molar-refractivity contribution in [3.8, 4) is 0 Å². The predicted octanol–water partition coefficient (Wildman–Crippen LogP) is 1.69. The van der Waals surface area contributed by atoms with Crippen molar-refractivity contribution in [3.05, 3.63) is 40.7 Å². The Labute approximate surface area is 151 Å². The van der Waals surface area contributed by atoms with Gasteiger partial charge in [0.05, 0.1) is 34.3 Å². The van der Waals surface area contributed by atoms with Gasteiger partial charge >= 0.3 is 0 Å². The van der Waals surface area contributed by atoms with Crippen LogP contribution < -0.4 is 10.2 Å². The first kappa shape index (κ1) is 17.6. The Morgan fingerprint density at radius 3 is 2.72 bits per heavy atom. The number of nitrogens with one attached hydrogen (secondary N) is 2. The molecule has 0 spiro atoms. The highest BCUT2D eigenvalue weighted by Gasteiger charge is 2.25. The smallest absolute Gasteiger partial charge is 0.282 e. The van der Waals surface area contributed by atoms with E-state index in [9.17, 15) is 4.79 Å². The summed E-state index contributed by atoms with van der Waals surface area (Å²) in [6, 6.07) is 7.93. The number of quaternary nitrogens is 1. The fourth-order valence-electron chi connectivity index (χ4n) is 2.80. The van der Waals surface area contributed by atoms with Gasteiger partial charge < -0.3 is 10.2 Å². The molecule has 6 nitrogen and oxygen atoms in total. The summed E-state index contributed by atoms with van der Waals surface area (Å²) in [6.07, 6.45) is 0. The van der Waals surface area contributed by atoms with Gasteiger partial charge in [0.25, 0.3) is 5.91 Å². The Morgan fingerprint density at radius 2 is 2.08 bits per heavy atom. The molecule has 3 aromatic rings. The number of thiazole rings is 1. The average Bonchev–Trinajstić information content (AvgIpc) is 3.09. The molecular weight excluding hydrogens is 334 g/mol. The molecule has 2 heterocycles. The van der Waals surface area contributed by atoms with E-state index >= 15 is 0 Å². The summed E-state index contributed by atoms with van der Waals surface area (Å²) in [7, 11) is 3.91. The van der Waals surface area contributed by atoms with Crippen molar-refractivity contribution < 1.29 is 9.69 Å². The second-order valence-electron chi connectivity index (χ2n) is 6.48. The maximum atomic E-state index is 12.6. The van der Waals surface area contributed by atoms with E-state index < -0.39 is 0 Å². The summed E-state index contributed by atoms with van der Waals surface area (Å²) in [6.45, 7) is 6.53. The number of carbonyl (C=O) groups is 1. The lowest BCUT2D eigenvalue weighted by atomic mass is 10.2. The molecule has 0 saturated heterocycles. The molecule has 0 aliphatic rings. The molecule has 2 atom stereocenters. The van der Waals surface area contributed by atoms with Gasteiger partial charge in [0.1, 0.15) is 11.6 Å². The third kappa shape index (κ3) is 3.57. The molecule has 1 amide bonds. The van der Waals surface area contributed by atoms with E-state index in [2.05, 4.69) is 21.5 Å². The van der Waals surface area contributed by atoms with Gasteiger partial charge in [-0.25, -0.2) is 4.98 Å². The molecule has 25 heavy (non-hydrogen) atoms. The largest absolute Gasteiger partial charge is 0.322 e. The molecule has 0 aliphatic carbocycles. The van der Waals surface area contributed by atoms with Crippen molar-refractivity contribution in [3.63, 3.8) is 0 Å². The predicted molar refractivity (Wildman–Crippen MR) is 101 cm³/mol. The van der Waals surface area contributed by atoms with E-state index in [-0.39, 0.29) is 11.9 Å². The summed E-state index contributed by atoms with van der Waals surface area (Å²) >= 11 is 1.69. The number of likely N-dealkylation sites (N-methyl/N-ethyl adjacent to an activating group) is 1. The van der Waals surface area contributed by atoms with Crippen LogP contribution in [0.5, 0.6) is 0 Å². The Bertz CT molecular complexity index is 880. The Morgan fingerprint density at radius 1 is 1.36 bits per heavy atom. The van der Waals surface area contributed by atoms with Crippen LogP contribution in [-0.2, 0) is 18.4 Å². The van der Waals surface area contributed by atoms with Crippen LogP contribution in [0.25, 0.3) is 10.2 Å². The number of hydrogen-bond acceptors (Lipinski definition) is 4. The van der Waals surface area contributed by atoms with Gasteiger partial charge in [-0.1, -0.05) is 12.1 Å². The summed E-state index contributed by atoms with van der Waals surface area (Å²) in [5, 5.41) is 8.43. The van der Waals surface area contributed by atoms with Crippen molar-refractivity contribution >= 4 is 33.1 Å². The van der Waals surface area contributed by atoms with Crippen LogP contribution in [0.3, 0.4) is 0 Å². The molecule has 132 valence electrons. The molecule has 1 aromatic carbocycles. The van der Waals surface area contributed by atoms with E-state index in [0.717, 1.165) is 39.0 Å². The second-order valence-corrected chi connectivity index (χ2v) is 7.59. The van der Waals surface area contributed by atoms with Crippen molar-refractivity contribution in [2.75, 3.05) is 12.4 Å². The maximum absolute atomic E-state index is 12.6. The van der Waals surface area contributed by atoms with Crippen LogP contribution in [0.4, 0.5) is 5.69 Å². The molecule has 3 rings (SSSR count). The molecule has 0 saturated carbocycles. The standard InChI is InChI=1S/C18H23N5OS/c1-11-17(12(2)23(5)21-11)20-18(24)13(3)22(4)10-16-19-14-8-6-7-9-15(14)25-16/h6-9,13H,10H2,1-5H3,(H,20,24)/p+1/t13-/m0/s1. The van der Waals surface area contributed by atoms with Crippen molar-refractivity contribution in [2.24, 2.45) is 7.05 Å².